The fraction of sp³-hybridized carbons (Fsp3) is 0.467. The minimum Gasteiger partial charge on any atom is -0.495 e. The average molecular weight is 359 g/mol. The Bertz CT molecular complexity index is 562. The number of thioether (sulfide) groups is 1. The summed E-state index contributed by atoms with van der Waals surface area (Å²) in [4.78, 5) is 14.5. The van der Waals surface area contributed by atoms with E-state index in [2.05, 4.69) is 10.2 Å². The standard InChI is InChI=1S/C15H19ClN2O2S2/c1-10(22-15(21)18-7-3-4-8-18)14(19)17-12-9-11(16)5-6-13(12)20-2/h5-6,9-10H,3-4,7-8H2,1-2H3,(H,17,19)/t10-/m0/s1. The Morgan fingerprint density at radius 2 is 2.14 bits per heavy atom. The van der Waals surface area contributed by atoms with E-state index in [-0.39, 0.29) is 11.2 Å². The number of anilines is 1. The highest BCUT2D eigenvalue weighted by Gasteiger charge is 2.22. The van der Waals surface area contributed by atoms with Crippen molar-refractivity contribution in [3.63, 3.8) is 0 Å². The molecule has 1 aromatic carbocycles. The van der Waals surface area contributed by atoms with Gasteiger partial charge in [0, 0.05) is 18.1 Å². The Hall–Kier alpha value is -0.980. The molecule has 0 radical (unpaired) electrons. The van der Waals surface area contributed by atoms with Crippen LogP contribution >= 0.6 is 35.6 Å². The summed E-state index contributed by atoms with van der Waals surface area (Å²) in [6, 6.07) is 5.12. The lowest BCUT2D eigenvalue weighted by Gasteiger charge is -2.20. The number of amides is 1. The molecule has 0 saturated carbocycles. The molecule has 7 heteroatoms. The Morgan fingerprint density at radius 3 is 2.77 bits per heavy atom. The van der Waals surface area contributed by atoms with Gasteiger partial charge in [-0.1, -0.05) is 35.6 Å². The number of likely N-dealkylation sites (tertiary alicyclic amines) is 1. The number of carbonyl (C=O) groups excluding carboxylic acids is 1. The molecule has 1 heterocycles. The van der Waals surface area contributed by atoms with Gasteiger partial charge in [0.05, 0.1) is 18.0 Å². The van der Waals surface area contributed by atoms with Crippen LogP contribution in [0, 0.1) is 0 Å². The predicted octanol–water partition coefficient (Wildman–Crippen LogP) is 3.79. The monoisotopic (exact) mass is 358 g/mol. The Balaban J connectivity index is 1.96. The topological polar surface area (TPSA) is 41.6 Å². The Kier molecular flexibility index (Phi) is 6.35. The van der Waals surface area contributed by atoms with Crippen molar-refractivity contribution in [1.82, 2.24) is 4.90 Å². The molecule has 0 bridgehead atoms. The van der Waals surface area contributed by atoms with Gasteiger partial charge < -0.3 is 15.0 Å². The summed E-state index contributed by atoms with van der Waals surface area (Å²) in [7, 11) is 1.56. The first-order valence-electron chi connectivity index (χ1n) is 7.11. The lowest BCUT2D eigenvalue weighted by atomic mass is 10.3. The van der Waals surface area contributed by atoms with Crippen molar-refractivity contribution in [3.05, 3.63) is 23.2 Å². The fourth-order valence-electron chi connectivity index (χ4n) is 2.19. The van der Waals surface area contributed by atoms with E-state index in [9.17, 15) is 4.79 Å². The second kappa shape index (κ2) is 8.04. The average Bonchev–Trinajstić information content (AvgIpc) is 3.01. The molecule has 22 heavy (non-hydrogen) atoms. The molecule has 0 aliphatic carbocycles. The van der Waals surface area contributed by atoms with Gasteiger partial charge in [0.15, 0.2) is 0 Å². The summed E-state index contributed by atoms with van der Waals surface area (Å²) in [5.41, 5.74) is 0.569. The van der Waals surface area contributed by atoms with Crippen LogP contribution < -0.4 is 10.1 Å². The number of thiocarbonyl (C=S) groups is 1. The number of halogens is 1. The molecule has 0 unspecified atom stereocenters. The molecular weight excluding hydrogens is 340 g/mol. The first-order valence-corrected chi connectivity index (χ1v) is 8.78. The number of carbonyl (C=O) groups is 1. The molecule has 1 aliphatic heterocycles. The van der Waals surface area contributed by atoms with Gasteiger partial charge in [-0.25, -0.2) is 0 Å². The maximum Gasteiger partial charge on any atom is 0.237 e. The normalized spacial score (nSPS) is 15.5. The van der Waals surface area contributed by atoms with E-state index in [0.29, 0.717) is 16.5 Å². The summed E-state index contributed by atoms with van der Waals surface area (Å²) in [6.07, 6.45) is 2.34. The first-order chi connectivity index (χ1) is 10.5. The van der Waals surface area contributed by atoms with Crippen molar-refractivity contribution < 1.29 is 9.53 Å². The van der Waals surface area contributed by atoms with Gasteiger partial charge in [-0.2, -0.15) is 0 Å². The van der Waals surface area contributed by atoms with Crippen LogP contribution in [0.25, 0.3) is 0 Å². The number of benzene rings is 1. The number of nitrogens with zero attached hydrogens (tertiary/aromatic N) is 1. The van der Waals surface area contributed by atoms with Crippen molar-refractivity contribution >= 4 is 51.5 Å². The molecule has 2 rings (SSSR count). The lowest BCUT2D eigenvalue weighted by Crippen LogP contribution is -2.29. The van der Waals surface area contributed by atoms with E-state index >= 15 is 0 Å². The zero-order chi connectivity index (χ0) is 16.1. The van der Waals surface area contributed by atoms with E-state index in [1.165, 1.54) is 24.6 Å². The van der Waals surface area contributed by atoms with Crippen LogP contribution in [-0.4, -0.2) is 40.6 Å². The third-order valence-electron chi connectivity index (χ3n) is 3.43. The molecule has 0 aromatic heterocycles. The summed E-state index contributed by atoms with van der Waals surface area (Å²) in [5, 5.41) is 3.12. The van der Waals surface area contributed by atoms with Crippen LogP contribution in [0.1, 0.15) is 19.8 Å². The van der Waals surface area contributed by atoms with Crippen LogP contribution in [0.5, 0.6) is 5.75 Å². The minimum absolute atomic E-state index is 0.118. The SMILES string of the molecule is COc1ccc(Cl)cc1NC(=O)[C@H](C)SC(=S)N1CCCC1. The van der Waals surface area contributed by atoms with Gasteiger partial charge in [-0.05, 0) is 38.0 Å². The molecular formula is C15H19ClN2O2S2. The molecule has 1 N–H and O–H groups in total. The quantitative estimate of drug-likeness (QED) is 0.829. The molecule has 4 nitrogen and oxygen atoms in total. The molecule has 1 amide bonds. The number of nitrogens with one attached hydrogen (secondary N) is 1. The van der Waals surface area contributed by atoms with Crippen LogP contribution in [0.2, 0.25) is 5.02 Å². The highest BCUT2D eigenvalue weighted by molar-refractivity contribution is 8.23. The molecule has 1 aliphatic rings. The molecule has 120 valence electrons. The summed E-state index contributed by atoms with van der Waals surface area (Å²) >= 11 is 12.8. The Morgan fingerprint density at radius 1 is 1.45 bits per heavy atom. The number of hydrogen-bond donors (Lipinski definition) is 1. The highest BCUT2D eigenvalue weighted by atomic mass is 35.5. The fourth-order valence-corrected chi connectivity index (χ4v) is 3.78. The highest BCUT2D eigenvalue weighted by Crippen LogP contribution is 2.29. The molecule has 1 aromatic rings. The van der Waals surface area contributed by atoms with E-state index in [4.69, 9.17) is 28.6 Å². The van der Waals surface area contributed by atoms with Gasteiger partial charge in [0.2, 0.25) is 5.91 Å². The van der Waals surface area contributed by atoms with Crippen LogP contribution in [0.15, 0.2) is 18.2 Å². The molecule has 0 spiro atoms. The molecule has 1 fully saturated rings. The number of hydrogen-bond acceptors (Lipinski definition) is 4. The van der Waals surface area contributed by atoms with E-state index in [1.807, 2.05) is 6.92 Å². The molecule has 1 saturated heterocycles. The summed E-state index contributed by atoms with van der Waals surface area (Å²) in [6.45, 7) is 3.82. The van der Waals surface area contributed by atoms with E-state index < -0.39 is 0 Å². The second-order valence-electron chi connectivity index (χ2n) is 5.05. The van der Waals surface area contributed by atoms with Gasteiger partial charge in [0.1, 0.15) is 10.1 Å². The predicted molar refractivity (Wildman–Crippen MR) is 97.1 cm³/mol. The molecule has 1 atom stereocenters. The van der Waals surface area contributed by atoms with E-state index in [0.717, 1.165) is 17.4 Å². The zero-order valence-corrected chi connectivity index (χ0v) is 15.0. The van der Waals surface area contributed by atoms with Crippen molar-refractivity contribution in [3.8, 4) is 5.75 Å². The van der Waals surface area contributed by atoms with Gasteiger partial charge in [-0.3, -0.25) is 4.79 Å². The minimum atomic E-state index is -0.281. The van der Waals surface area contributed by atoms with Gasteiger partial charge in [0.25, 0.3) is 0 Å². The largest absolute Gasteiger partial charge is 0.495 e. The lowest BCUT2D eigenvalue weighted by molar-refractivity contribution is -0.115. The maximum absolute atomic E-state index is 12.3. The summed E-state index contributed by atoms with van der Waals surface area (Å²) < 4.78 is 6.02. The van der Waals surface area contributed by atoms with Crippen molar-refractivity contribution in [2.45, 2.75) is 25.0 Å². The van der Waals surface area contributed by atoms with Gasteiger partial charge >= 0.3 is 0 Å². The number of methoxy groups -OCH3 is 1. The third kappa shape index (κ3) is 4.51. The third-order valence-corrected chi connectivity index (χ3v) is 5.24. The van der Waals surface area contributed by atoms with Gasteiger partial charge in [-0.15, -0.1) is 0 Å². The first kappa shape index (κ1) is 17.4. The van der Waals surface area contributed by atoms with Crippen molar-refractivity contribution in [2.24, 2.45) is 0 Å². The van der Waals surface area contributed by atoms with Crippen molar-refractivity contribution in [1.29, 1.82) is 0 Å². The maximum atomic E-state index is 12.3. The Labute approximate surface area is 145 Å². The van der Waals surface area contributed by atoms with Crippen molar-refractivity contribution in [2.75, 3.05) is 25.5 Å². The van der Waals surface area contributed by atoms with Crippen LogP contribution in [-0.2, 0) is 4.79 Å². The smallest absolute Gasteiger partial charge is 0.237 e. The second-order valence-corrected chi connectivity index (χ2v) is 7.47. The zero-order valence-electron chi connectivity index (χ0n) is 12.6. The van der Waals surface area contributed by atoms with Crippen LogP contribution in [0.3, 0.4) is 0 Å². The summed E-state index contributed by atoms with van der Waals surface area (Å²) in [5.74, 6) is 0.462. The van der Waals surface area contributed by atoms with Crippen LogP contribution in [0.4, 0.5) is 5.69 Å². The van der Waals surface area contributed by atoms with E-state index in [1.54, 1.807) is 25.3 Å². The number of rotatable bonds is 4. The number of ether oxygens (including phenoxy) is 1.